The van der Waals surface area contributed by atoms with Gasteiger partial charge >= 0.3 is 5.97 Å². The van der Waals surface area contributed by atoms with E-state index in [0.717, 1.165) is 11.6 Å². The number of carbonyl (C=O) groups excluding carboxylic acids is 1. The standard InChI is InChI=1S/C19H14O5/c20-16(15-6-2-1-4-13(15)9-11-18(21)22)10-8-14-5-3-7-17-19(14)24-12-23-17/h1-11H,12H2,(H,21,22)/b10-8+,11-9+. The third kappa shape index (κ3) is 3.35. The van der Waals surface area contributed by atoms with Crippen LogP contribution in [0, 0.1) is 0 Å². The van der Waals surface area contributed by atoms with Crippen LogP contribution in [0.4, 0.5) is 0 Å². The Balaban J connectivity index is 1.86. The van der Waals surface area contributed by atoms with Gasteiger partial charge in [-0.25, -0.2) is 4.79 Å². The highest BCUT2D eigenvalue weighted by Gasteiger charge is 2.16. The molecule has 0 aromatic heterocycles. The number of fused-ring (bicyclic) bond motifs is 1. The molecule has 0 spiro atoms. The van der Waals surface area contributed by atoms with Gasteiger partial charge in [-0.2, -0.15) is 0 Å². The number of aliphatic carboxylic acids is 1. The summed E-state index contributed by atoms with van der Waals surface area (Å²) in [4.78, 5) is 23.1. The second-order valence-corrected chi connectivity index (χ2v) is 5.04. The van der Waals surface area contributed by atoms with E-state index in [4.69, 9.17) is 14.6 Å². The van der Waals surface area contributed by atoms with Crippen molar-refractivity contribution in [3.63, 3.8) is 0 Å². The molecule has 0 saturated heterocycles. The largest absolute Gasteiger partial charge is 0.478 e. The fourth-order valence-corrected chi connectivity index (χ4v) is 2.37. The Morgan fingerprint density at radius 2 is 1.67 bits per heavy atom. The molecule has 5 heteroatoms. The summed E-state index contributed by atoms with van der Waals surface area (Å²) in [5, 5.41) is 8.73. The molecule has 0 amide bonds. The van der Waals surface area contributed by atoms with Crippen LogP contribution in [0.2, 0.25) is 0 Å². The number of carbonyl (C=O) groups is 2. The monoisotopic (exact) mass is 322 g/mol. The molecule has 0 bridgehead atoms. The summed E-state index contributed by atoms with van der Waals surface area (Å²) in [5.41, 5.74) is 1.72. The van der Waals surface area contributed by atoms with Gasteiger partial charge in [-0.1, -0.05) is 36.4 Å². The molecule has 3 rings (SSSR count). The Hall–Kier alpha value is -3.34. The summed E-state index contributed by atoms with van der Waals surface area (Å²) in [6.07, 6.45) is 5.50. The topological polar surface area (TPSA) is 72.8 Å². The molecule has 0 atom stereocenters. The maximum atomic E-state index is 12.4. The van der Waals surface area contributed by atoms with E-state index >= 15 is 0 Å². The highest BCUT2D eigenvalue weighted by molar-refractivity contribution is 6.09. The molecule has 1 heterocycles. The molecule has 120 valence electrons. The molecule has 0 fully saturated rings. The van der Waals surface area contributed by atoms with Crippen molar-refractivity contribution < 1.29 is 24.2 Å². The average Bonchev–Trinajstić information content (AvgIpc) is 3.07. The van der Waals surface area contributed by atoms with Gasteiger partial charge in [-0.05, 0) is 29.9 Å². The van der Waals surface area contributed by atoms with E-state index in [1.807, 2.05) is 12.1 Å². The number of carboxylic acids is 1. The SMILES string of the molecule is O=C(O)/C=C/c1ccccc1C(=O)/C=C/c1cccc2c1OCO2. The Bertz CT molecular complexity index is 849. The van der Waals surface area contributed by atoms with Crippen molar-refractivity contribution in [2.24, 2.45) is 0 Å². The van der Waals surface area contributed by atoms with Gasteiger partial charge < -0.3 is 14.6 Å². The zero-order valence-corrected chi connectivity index (χ0v) is 12.6. The molecule has 2 aromatic rings. The summed E-state index contributed by atoms with van der Waals surface area (Å²) in [5.74, 6) is -0.0306. The predicted molar refractivity (Wildman–Crippen MR) is 89.0 cm³/mol. The first-order chi connectivity index (χ1) is 11.6. The molecule has 0 saturated carbocycles. The van der Waals surface area contributed by atoms with Gasteiger partial charge in [0.1, 0.15) is 0 Å². The molecule has 5 nitrogen and oxygen atoms in total. The maximum Gasteiger partial charge on any atom is 0.328 e. The van der Waals surface area contributed by atoms with E-state index < -0.39 is 5.97 Å². The van der Waals surface area contributed by atoms with Gasteiger partial charge in [0.05, 0.1) is 0 Å². The minimum Gasteiger partial charge on any atom is -0.478 e. The summed E-state index contributed by atoms with van der Waals surface area (Å²) < 4.78 is 10.7. The lowest BCUT2D eigenvalue weighted by molar-refractivity contribution is -0.131. The van der Waals surface area contributed by atoms with Crippen molar-refractivity contribution in [2.75, 3.05) is 6.79 Å². The quantitative estimate of drug-likeness (QED) is 0.674. The fourth-order valence-electron chi connectivity index (χ4n) is 2.37. The van der Waals surface area contributed by atoms with Crippen molar-refractivity contribution >= 4 is 23.9 Å². The lowest BCUT2D eigenvalue weighted by Crippen LogP contribution is -1.98. The van der Waals surface area contributed by atoms with Gasteiger partial charge in [0.15, 0.2) is 17.3 Å². The van der Waals surface area contributed by atoms with Crippen LogP contribution >= 0.6 is 0 Å². The molecule has 1 aliphatic rings. The third-order valence-corrected chi connectivity index (χ3v) is 3.47. The lowest BCUT2D eigenvalue weighted by atomic mass is 10.0. The van der Waals surface area contributed by atoms with Crippen LogP contribution in [0.25, 0.3) is 12.2 Å². The van der Waals surface area contributed by atoms with E-state index in [-0.39, 0.29) is 12.6 Å². The Morgan fingerprint density at radius 1 is 0.917 bits per heavy atom. The van der Waals surface area contributed by atoms with Crippen LogP contribution in [0.3, 0.4) is 0 Å². The molecule has 2 aromatic carbocycles. The average molecular weight is 322 g/mol. The molecular formula is C19H14O5. The Kier molecular flexibility index (Phi) is 4.43. The number of hydrogen-bond donors (Lipinski definition) is 1. The van der Waals surface area contributed by atoms with E-state index in [0.29, 0.717) is 22.6 Å². The number of ether oxygens (including phenoxy) is 2. The first kappa shape index (κ1) is 15.6. The molecule has 24 heavy (non-hydrogen) atoms. The van der Waals surface area contributed by atoms with Crippen LogP contribution in [0.1, 0.15) is 21.5 Å². The molecule has 1 aliphatic heterocycles. The maximum absolute atomic E-state index is 12.4. The van der Waals surface area contributed by atoms with Crippen molar-refractivity contribution in [3.8, 4) is 11.5 Å². The number of carboxylic acid groups (broad SMARTS) is 1. The van der Waals surface area contributed by atoms with Gasteiger partial charge in [-0.3, -0.25) is 4.79 Å². The summed E-state index contributed by atoms with van der Waals surface area (Å²) >= 11 is 0. The van der Waals surface area contributed by atoms with Crippen LogP contribution in [0.15, 0.2) is 54.6 Å². The zero-order valence-electron chi connectivity index (χ0n) is 12.6. The van der Waals surface area contributed by atoms with Crippen LogP contribution in [-0.4, -0.2) is 23.7 Å². The lowest BCUT2D eigenvalue weighted by Gasteiger charge is -2.03. The van der Waals surface area contributed by atoms with Crippen molar-refractivity contribution in [3.05, 3.63) is 71.3 Å². The first-order valence-electron chi connectivity index (χ1n) is 7.26. The number of para-hydroxylation sites is 1. The highest BCUT2D eigenvalue weighted by atomic mass is 16.7. The summed E-state index contributed by atoms with van der Waals surface area (Å²) in [6, 6.07) is 12.3. The van der Waals surface area contributed by atoms with Gasteiger partial charge in [0.2, 0.25) is 6.79 Å². The molecule has 0 aliphatic carbocycles. The van der Waals surface area contributed by atoms with Crippen molar-refractivity contribution in [1.82, 2.24) is 0 Å². The van der Waals surface area contributed by atoms with E-state index in [1.54, 1.807) is 36.4 Å². The molecule has 1 N–H and O–H groups in total. The van der Waals surface area contributed by atoms with Crippen molar-refractivity contribution in [2.45, 2.75) is 0 Å². The second kappa shape index (κ2) is 6.83. The minimum absolute atomic E-state index is 0.164. The third-order valence-electron chi connectivity index (χ3n) is 3.47. The fraction of sp³-hybridized carbons (Fsp3) is 0.0526. The number of rotatable bonds is 5. The highest BCUT2D eigenvalue weighted by Crippen LogP contribution is 2.36. The minimum atomic E-state index is -1.07. The predicted octanol–water partition coefficient (Wildman–Crippen LogP) is 3.41. The first-order valence-corrected chi connectivity index (χ1v) is 7.26. The molecule has 0 unspecified atom stereocenters. The number of benzene rings is 2. The van der Waals surface area contributed by atoms with Crippen molar-refractivity contribution in [1.29, 1.82) is 0 Å². The summed E-state index contributed by atoms with van der Waals surface area (Å²) in [7, 11) is 0. The number of ketones is 1. The van der Waals surface area contributed by atoms with Crippen LogP contribution in [-0.2, 0) is 4.79 Å². The van der Waals surface area contributed by atoms with E-state index in [9.17, 15) is 9.59 Å². The number of hydrogen-bond acceptors (Lipinski definition) is 4. The van der Waals surface area contributed by atoms with Crippen LogP contribution in [0.5, 0.6) is 11.5 Å². The molecular weight excluding hydrogens is 308 g/mol. The second-order valence-electron chi connectivity index (χ2n) is 5.04. The zero-order chi connectivity index (χ0) is 16.9. The normalized spacial score (nSPS) is 12.8. The van der Waals surface area contributed by atoms with E-state index in [2.05, 4.69) is 0 Å². The number of allylic oxidation sites excluding steroid dienone is 1. The van der Waals surface area contributed by atoms with Gasteiger partial charge in [-0.15, -0.1) is 0 Å². The summed E-state index contributed by atoms with van der Waals surface area (Å²) in [6.45, 7) is 0.164. The molecule has 0 radical (unpaired) electrons. The van der Waals surface area contributed by atoms with E-state index in [1.165, 1.54) is 12.2 Å². The van der Waals surface area contributed by atoms with Gasteiger partial charge in [0.25, 0.3) is 0 Å². The Morgan fingerprint density at radius 3 is 2.50 bits per heavy atom. The smallest absolute Gasteiger partial charge is 0.328 e. The van der Waals surface area contributed by atoms with Gasteiger partial charge in [0, 0.05) is 17.2 Å². The Labute approximate surface area is 138 Å². The van der Waals surface area contributed by atoms with Crippen LogP contribution < -0.4 is 9.47 Å².